The van der Waals surface area contributed by atoms with Gasteiger partial charge in [0.15, 0.2) is 11.8 Å². The van der Waals surface area contributed by atoms with E-state index >= 15 is 0 Å². The molecule has 0 aliphatic heterocycles. The number of aliphatic imine (C=N–C) groups is 1. The minimum atomic E-state index is 0.538. The van der Waals surface area contributed by atoms with Crippen molar-refractivity contribution in [3.63, 3.8) is 0 Å². The van der Waals surface area contributed by atoms with Crippen LogP contribution in [0, 0.1) is 18.8 Å². The topological polar surface area (TPSA) is 58.3 Å². The fraction of sp³-hybridized carbons (Fsp3) is 0.650. The zero-order valence-corrected chi connectivity index (χ0v) is 17.8. The maximum Gasteiger partial charge on any atom is 0.194 e. The highest BCUT2D eigenvalue weighted by molar-refractivity contribution is 7.09. The molecule has 0 unspecified atom stereocenters. The average Bonchev–Trinajstić information content (AvgIpc) is 3.28. The van der Waals surface area contributed by atoms with E-state index in [1.54, 1.807) is 11.3 Å². The molecule has 2 aromatic rings. The molecule has 0 saturated heterocycles. The molecule has 6 nitrogen and oxygen atoms in total. The summed E-state index contributed by atoms with van der Waals surface area (Å²) >= 11 is 1.77. The number of rotatable bonds is 6. The molecule has 1 aliphatic rings. The molecule has 0 atom stereocenters. The van der Waals surface area contributed by atoms with Gasteiger partial charge in [0.25, 0.3) is 0 Å². The van der Waals surface area contributed by atoms with Gasteiger partial charge in [-0.15, -0.1) is 21.5 Å². The van der Waals surface area contributed by atoms with Crippen LogP contribution in [0.25, 0.3) is 0 Å². The van der Waals surface area contributed by atoms with Gasteiger partial charge in [0, 0.05) is 25.5 Å². The molecule has 7 heteroatoms. The van der Waals surface area contributed by atoms with Crippen LogP contribution < -0.4 is 5.32 Å². The summed E-state index contributed by atoms with van der Waals surface area (Å²) < 4.78 is 2.00. The highest BCUT2D eigenvalue weighted by Gasteiger charge is 2.21. The Kier molecular flexibility index (Phi) is 6.88. The Hall–Kier alpha value is -1.89. The Morgan fingerprint density at radius 2 is 2.11 bits per heavy atom. The normalized spacial score (nSPS) is 20.7. The molecule has 27 heavy (non-hydrogen) atoms. The van der Waals surface area contributed by atoms with Gasteiger partial charge in [-0.2, -0.15) is 0 Å². The molecule has 1 saturated carbocycles. The zero-order chi connectivity index (χ0) is 19.2. The number of hydrogen-bond acceptors (Lipinski definition) is 4. The summed E-state index contributed by atoms with van der Waals surface area (Å²) in [4.78, 5) is 8.47. The summed E-state index contributed by atoms with van der Waals surface area (Å²) in [6, 6.07) is 4.25. The minimum Gasteiger partial charge on any atom is -0.351 e. The van der Waals surface area contributed by atoms with Crippen LogP contribution in [0.1, 0.15) is 49.1 Å². The highest BCUT2D eigenvalue weighted by atomic mass is 32.1. The Bertz CT molecular complexity index is 728. The van der Waals surface area contributed by atoms with Crippen molar-refractivity contribution in [1.29, 1.82) is 0 Å². The molecule has 1 N–H and O–H groups in total. The van der Waals surface area contributed by atoms with E-state index in [4.69, 9.17) is 4.99 Å². The molecule has 3 rings (SSSR count). The average molecular weight is 389 g/mol. The molecule has 0 aromatic carbocycles. The van der Waals surface area contributed by atoms with Crippen LogP contribution in [0.3, 0.4) is 0 Å². The third-order valence-corrected chi connectivity index (χ3v) is 6.46. The summed E-state index contributed by atoms with van der Waals surface area (Å²) in [7, 11) is 4.14. The third kappa shape index (κ3) is 5.54. The van der Waals surface area contributed by atoms with E-state index in [0.29, 0.717) is 6.54 Å². The summed E-state index contributed by atoms with van der Waals surface area (Å²) in [6.45, 7) is 6.74. The van der Waals surface area contributed by atoms with Gasteiger partial charge in [-0.1, -0.05) is 25.8 Å². The van der Waals surface area contributed by atoms with E-state index in [1.807, 2.05) is 18.5 Å². The summed E-state index contributed by atoms with van der Waals surface area (Å²) in [6.07, 6.45) is 5.36. The molecule has 2 heterocycles. The first kappa shape index (κ1) is 19.9. The Labute approximate surface area is 166 Å². The molecule has 2 aromatic heterocycles. The monoisotopic (exact) mass is 388 g/mol. The van der Waals surface area contributed by atoms with E-state index < -0.39 is 0 Å². The second kappa shape index (κ2) is 9.35. The third-order valence-electron chi connectivity index (χ3n) is 5.58. The maximum absolute atomic E-state index is 4.86. The van der Waals surface area contributed by atoms with E-state index in [1.165, 1.54) is 30.6 Å². The van der Waals surface area contributed by atoms with Crippen LogP contribution in [-0.2, 0) is 20.1 Å². The predicted octanol–water partition coefficient (Wildman–Crippen LogP) is 3.59. The SMILES string of the molecule is Cc1nnc(CN=C(NCc2cccs2)N(C)CC2CCC(C)CC2)n1C. The van der Waals surface area contributed by atoms with Crippen molar-refractivity contribution in [3.05, 3.63) is 34.0 Å². The molecule has 0 bridgehead atoms. The predicted molar refractivity (Wildman–Crippen MR) is 112 cm³/mol. The molecule has 0 radical (unpaired) electrons. The maximum atomic E-state index is 4.86. The van der Waals surface area contributed by atoms with Crippen molar-refractivity contribution in [2.24, 2.45) is 23.9 Å². The number of aryl methyl sites for hydroxylation is 1. The van der Waals surface area contributed by atoms with E-state index in [9.17, 15) is 0 Å². The lowest BCUT2D eigenvalue weighted by atomic mass is 9.83. The quantitative estimate of drug-likeness (QED) is 0.607. The van der Waals surface area contributed by atoms with Crippen molar-refractivity contribution < 1.29 is 0 Å². The second-order valence-corrected chi connectivity index (χ2v) is 8.83. The number of nitrogens with one attached hydrogen (secondary N) is 1. The van der Waals surface area contributed by atoms with Crippen LogP contribution in [-0.4, -0.2) is 39.2 Å². The molecule has 0 spiro atoms. The molecular weight excluding hydrogens is 356 g/mol. The van der Waals surface area contributed by atoms with Gasteiger partial charge < -0.3 is 14.8 Å². The van der Waals surface area contributed by atoms with Crippen molar-refractivity contribution in [1.82, 2.24) is 25.0 Å². The van der Waals surface area contributed by atoms with Crippen LogP contribution in [0.2, 0.25) is 0 Å². The standard InChI is InChI=1S/C20H32N6S/c1-15-7-9-17(10-8-15)14-25(3)20(21-12-18-6-5-11-27-18)22-13-19-24-23-16(2)26(19)4/h5-6,11,15,17H,7-10,12-14H2,1-4H3,(H,21,22). The molecular formula is C20H32N6S. The van der Waals surface area contributed by atoms with Crippen LogP contribution in [0.15, 0.2) is 22.5 Å². The first-order chi connectivity index (χ1) is 13.0. The van der Waals surface area contributed by atoms with E-state index in [-0.39, 0.29) is 0 Å². The van der Waals surface area contributed by atoms with Crippen molar-refractivity contribution in [3.8, 4) is 0 Å². The van der Waals surface area contributed by atoms with Crippen LogP contribution in [0.4, 0.5) is 0 Å². The lowest BCUT2D eigenvalue weighted by molar-refractivity contribution is 0.250. The lowest BCUT2D eigenvalue weighted by Crippen LogP contribution is -2.41. The van der Waals surface area contributed by atoms with Gasteiger partial charge in [-0.3, -0.25) is 0 Å². The second-order valence-electron chi connectivity index (χ2n) is 7.80. The molecule has 1 fully saturated rings. The van der Waals surface area contributed by atoms with Crippen LogP contribution in [0.5, 0.6) is 0 Å². The molecule has 0 amide bonds. The first-order valence-electron chi connectivity index (χ1n) is 9.89. The number of nitrogens with zero attached hydrogens (tertiary/aromatic N) is 5. The Morgan fingerprint density at radius 1 is 1.33 bits per heavy atom. The van der Waals surface area contributed by atoms with Crippen molar-refractivity contribution >= 4 is 17.3 Å². The highest BCUT2D eigenvalue weighted by Crippen LogP contribution is 2.28. The lowest BCUT2D eigenvalue weighted by Gasteiger charge is -2.31. The molecule has 1 aliphatic carbocycles. The van der Waals surface area contributed by atoms with Crippen LogP contribution >= 0.6 is 11.3 Å². The van der Waals surface area contributed by atoms with Crippen molar-refractivity contribution in [2.45, 2.75) is 52.6 Å². The Balaban J connectivity index is 1.65. The van der Waals surface area contributed by atoms with E-state index in [2.05, 4.69) is 51.9 Å². The number of guanidine groups is 1. The van der Waals surface area contributed by atoms with Gasteiger partial charge in [0.05, 0.1) is 6.54 Å². The minimum absolute atomic E-state index is 0.538. The van der Waals surface area contributed by atoms with Gasteiger partial charge in [0.2, 0.25) is 0 Å². The van der Waals surface area contributed by atoms with Crippen molar-refractivity contribution in [2.75, 3.05) is 13.6 Å². The molecule has 148 valence electrons. The number of thiophene rings is 1. The number of hydrogen-bond donors (Lipinski definition) is 1. The first-order valence-corrected chi connectivity index (χ1v) is 10.8. The fourth-order valence-corrected chi connectivity index (χ4v) is 4.26. The summed E-state index contributed by atoms with van der Waals surface area (Å²) in [5.41, 5.74) is 0. The summed E-state index contributed by atoms with van der Waals surface area (Å²) in [5, 5.41) is 14.0. The Morgan fingerprint density at radius 3 is 2.74 bits per heavy atom. The van der Waals surface area contributed by atoms with Gasteiger partial charge in [-0.25, -0.2) is 4.99 Å². The van der Waals surface area contributed by atoms with Gasteiger partial charge >= 0.3 is 0 Å². The van der Waals surface area contributed by atoms with E-state index in [0.717, 1.165) is 42.5 Å². The smallest absolute Gasteiger partial charge is 0.194 e. The van der Waals surface area contributed by atoms with Gasteiger partial charge in [-0.05, 0) is 43.0 Å². The fourth-order valence-electron chi connectivity index (χ4n) is 3.61. The van der Waals surface area contributed by atoms with Gasteiger partial charge in [0.1, 0.15) is 12.4 Å². The number of aromatic nitrogens is 3. The zero-order valence-electron chi connectivity index (χ0n) is 17.0. The summed E-state index contributed by atoms with van der Waals surface area (Å²) in [5.74, 6) is 4.40. The largest absolute Gasteiger partial charge is 0.351 e.